The smallest absolute Gasteiger partial charge is 0.183 e. The molecule has 0 saturated carbocycles. The number of benzene rings is 1. The maximum Gasteiger partial charge on any atom is 0.183 e. The summed E-state index contributed by atoms with van der Waals surface area (Å²) in [6, 6.07) is 8.54. The Hall–Kier alpha value is -1.88. The summed E-state index contributed by atoms with van der Waals surface area (Å²) in [5, 5.41) is 10.7. The summed E-state index contributed by atoms with van der Waals surface area (Å²) in [5.74, 6) is 2.13. The van der Waals surface area contributed by atoms with Crippen molar-refractivity contribution in [2.75, 3.05) is 18.5 Å². The summed E-state index contributed by atoms with van der Waals surface area (Å²) >= 11 is 0. The second-order valence-electron chi connectivity index (χ2n) is 5.35. The fourth-order valence-corrected chi connectivity index (χ4v) is 2.58. The first-order valence-corrected chi connectivity index (χ1v) is 7.06. The van der Waals surface area contributed by atoms with Gasteiger partial charge in [-0.05, 0) is 32.4 Å². The van der Waals surface area contributed by atoms with E-state index in [0.717, 1.165) is 42.5 Å². The van der Waals surface area contributed by atoms with Crippen molar-refractivity contribution >= 4 is 5.69 Å². The van der Waals surface area contributed by atoms with E-state index in [0.29, 0.717) is 12.0 Å². The molecular weight excluding hydrogens is 252 g/mol. The molecule has 0 spiro atoms. The molecule has 5 nitrogen and oxygen atoms in total. The zero-order valence-electron chi connectivity index (χ0n) is 11.9. The Bertz CT molecular complexity index is 575. The number of hydrogen-bond acceptors (Lipinski definition) is 4. The highest BCUT2D eigenvalue weighted by Crippen LogP contribution is 2.27. The molecule has 2 atom stereocenters. The lowest BCUT2D eigenvalue weighted by atomic mass is 10.00. The number of hydrogen-bond donors (Lipinski definition) is 2. The van der Waals surface area contributed by atoms with Crippen molar-refractivity contribution in [1.29, 1.82) is 0 Å². The number of ether oxygens (including phenoxy) is 1. The van der Waals surface area contributed by atoms with E-state index in [2.05, 4.69) is 33.5 Å². The molecule has 3 rings (SSSR count). The van der Waals surface area contributed by atoms with Gasteiger partial charge in [0, 0.05) is 29.8 Å². The van der Waals surface area contributed by atoms with Gasteiger partial charge in [0.2, 0.25) is 0 Å². The van der Waals surface area contributed by atoms with E-state index in [4.69, 9.17) is 4.74 Å². The van der Waals surface area contributed by atoms with E-state index < -0.39 is 0 Å². The number of aromatic amines is 1. The number of rotatable bonds is 4. The van der Waals surface area contributed by atoms with Crippen molar-refractivity contribution in [3.05, 3.63) is 30.1 Å². The zero-order chi connectivity index (χ0) is 13.9. The first-order chi connectivity index (χ1) is 9.74. The Kier molecular flexibility index (Phi) is 3.69. The first-order valence-electron chi connectivity index (χ1n) is 7.06. The fraction of sp³-hybridized carbons (Fsp3) is 0.467. The SMILES string of the molecule is Cc1nc(-c2ccccc2NC(C)C2CCOC2)n[nH]1. The maximum atomic E-state index is 5.46. The molecule has 0 aliphatic carbocycles. The normalized spacial score (nSPS) is 20.0. The molecule has 0 bridgehead atoms. The topological polar surface area (TPSA) is 62.8 Å². The molecule has 106 valence electrons. The Morgan fingerprint density at radius 3 is 2.95 bits per heavy atom. The van der Waals surface area contributed by atoms with Gasteiger partial charge in [0.25, 0.3) is 0 Å². The minimum absolute atomic E-state index is 0.374. The first kappa shape index (κ1) is 13.1. The van der Waals surface area contributed by atoms with Gasteiger partial charge in [-0.3, -0.25) is 5.10 Å². The van der Waals surface area contributed by atoms with Gasteiger partial charge in [0.05, 0.1) is 6.61 Å². The van der Waals surface area contributed by atoms with Gasteiger partial charge in [0.15, 0.2) is 5.82 Å². The molecule has 2 unspecified atom stereocenters. The van der Waals surface area contributed by atoms with Gasteiger partial charge < -0.3 is 10.1 Å². The summed E-state index contributed by atoms with van der Waals surface area (Å²) in [5.41, 5.74) is 2.11. The lowest BCUT2D eigenvalue weighted by Gasteiger charge is -2.21. The van der Waals surface area contributed by atoms with Crippen LogP contribution in [0.25, 0.3) is 11.4 Å². The summed E-state index contributed by atoms with van der Waals surface area (Å²) in [7, 11) is 0. The molecule has 1 aliphatic heterocycles. The number of anilines is 1. The largest absolute Gasteiger partial charge is 0.382 e. The summed E-state index contributed by atoms with van der Waals surface area (Å²) in [6.45, 7) is 5.83. The molecule has 2 heterocycles. The van der Waals surface area contributed by atoms with Crippen molar-refractivity contribution in [2.24, 2.45) is 5.92 Å². The van der Waals surface area contributed by atoms with Gasteiger partial charge in [-0.2, -0.15) is 5.10 Å². The number of aromatic nitrogens is 3. The second-order valence-corrected chi connectivity index (χ2v) is 5.35. The highest BCUT2D eigenvalue weighted by Gasteiger charge is 2.23. The Labute approximate surface area is 118 Å². The molecule has 2 N–H and O–H groups in total. The van der Waals surface area contributed by atoms with E-state index >= 15 is 0 Å². The minimum Gasteiger partial charge on any atom is -0.382 e. The molecular formula is C15H20N4O. The number of aryl methyl sites for hydroxylation is 1. The Morgan fingerprint density at radius 1 is 1.40 bits per heavy atom. The van der Waals surface area contributed by atoms with Crippen LogP contribution in [0.15, 0.2) is 24.3 Å². The predicted molar refractivity (Wildman–Crippen MR) is 78.6 cm³/mol. The van der Waals surface area contributed by atoms with E-state index in [-0.39, 0.29) is 0 Å². The standard InChI is InChI=1S/C15H20N4O/c1-10(12-7-8-20-9-12)16-14-6-4-3-5-13(14)15-17-11(2)18-19-15/h3-6,10,12,16H,7-9H2,1-2H3,(H,17,18,19). The number of nitrogens with zero attached hydrogens (tertiary/aromatic N) is 2. The Balaban J connectivity index is 1.82. The Morgan fingerprint density at radius 2 is 2.25 bits per heavy atom. The third-order valence-corrected chi connectivity index (χ3v) is 3.82. The molecule has 20 heavy (non-hydrogen) atoms. The van der Waals surface area contributed by atoms with Crippen LogP contribution in [-0.2, 0) is 4.74 Å². The van der Waals surface area contributed by atoms with Gasteiger partial charge in [-0.1, -0.05) is 12.1 Å². The molecule has 0 amide bonds. The minimum atomic E-state index is 0.374. The zero-order valence-corrected chi connectivity index (χ0v) is 11.9. The molecule has 0 radical (unpaired) electrons. The monoisotopic (exact) mass is 272 g/mol. The molecule has 1 aliphatic rings. The van der Waals surface area contributed by atoms with Crippen molar-refractivity contribution in [2.45, 2.75) is 26.3 Å². The van der Waals surface area contributed by atoms with Gasteiger partial charge in [0.1, 0.15) is 5.82 Å². The average Bonchev–Trinajstić information content (AvgIpc) is 3.10. The van der Waals surface area contributed by atoms with Gasteiger partial charge in [-0.15, -0.1) is 0 Å². The lowest BCUT2D eigenvalue weighted by Crippen LogP contribution is -2.26. The number of para-hydroxylation sites is 1. The van der Waals surface area contributed by atoms with Crippen LogP contribution in [0, 0.1) is 12.8 Å². The van der Waals surface area contributed by atoms with Crippen molar-refractivity contribution < 1.29 is 4.74 Å². The van der Waals surface area contributed by atoms with Crippen LogP contribution in [0.3, 0.4) is 0 Å². The second kappa shape index (κ2) is 5.63. The number of nitrogens with one attached hydrogen (secondary N) is 2. The van der Waals surface area contributed by atoms with Crippen LogP contribution in [0.2, 0.25) is 0 Å². The van der Waals surface area contributed by atoms with E-state index in [9.17, 15) is 0 Å². The third-order valence-electron chi connectivity index (χ3n) is 3.82. The average molecular weight is 272 g/mol. The molecule has 2 aromatic rings. The third kappa shape index (κ3) is 2.67. The molecule has 1 aromatic heterocycles. The van der Waals surface area contributed by atoms with E-state index in [1.165, 1.54) is 0 Å². The molecule has 1 saturated heterocycles. The molecule has 5 heteroatoms. The van der Waals surface area contributed by atoms with Crippen LogP contribution >= 0.6 is 0 Å². The molecule has 1 aromatic carbocycles. The van der Waals surface area contributed by atoms with Crippen LogP contribution < -0.4 is 5.32 Å². The van der Waals surface area contributed by atoms with Gasteiger partial charge in [-0.25, -0.2) is 4.98 Å². The number of H-pyrrole nitrogens is 1. The maximum absolute atomic E-state index is 5.46. The fourth-order valence-electron chi connectivity index (χ4n) is 2.58. The van der Waals surface area contributed by atoms with Crippen LogP contribution in [0.1, 0.15) is 19.2 Å². The van der Waals surface area contributed by atoms with Crippen LogP contribution in [0.5, 0.6) is 0 Å². The predicted octanol–water partition coefficient (Wildman–Crippen LogP) is 2.62. The lowest BCUT2D eigenvalue weighted by molar-refractivity contribution is 0.183. The van der Waals surface area contributed by atoms with Crippen LogP contribution in [0.4, 0.5) is 5.69 Å². The summed E-state index contributed by atoms with van der Waals surface area (Å²) in [6.07, 6.45) is 1.12. The van der Waals surface area contributed by atoms with Crippen molar-refractivity contribution in [3.8, 4) is 11.4 Å². The summed E-state index contributed by atoms with van der Waals surface area (Å²) < 4.78 is 5.46. The molecule has 1 fully saturated rings. The highest BCUT2D eigenvalue weighted by atomic mass is 16.5. The van der Waals surface area contributed by atoms with E-state index in [1.807, 2.05) is 25.1 Å². The summed E-state index contributed by atoms with van der Waals surface area (Å²) in [4.78, 5) is 4.42. The van der Waals surface area contributed by atoms with E-state index in [1.54, 1.807) is 0 Å². The quantitative estimate of drug-likeness (QED) is 0.898. The van der Waals surface area contributed by atoms with Crippen molar-refractivity contribution in [1.82, 2.24) is 15.2 Å². The van der Waals surface area contributed by atoms with Gasteiger partial charge >= 0.3 is 0 Å². The van der Waals surface area contributed by atoms with Crippen LogP contribution in [-0.4, -0.2) is 34.4 Å². The van der Waals surface area contributed by atoms with Crippen molar-refractivity contribution in [3.63, 3.8) is 0 Å². The highest BCUT2D eigenvalue weighted by molar-refractivity contribution is 5.73.